The van der Waals surface area contributed by atoms with Crippen LogP contribution in [0.2, 0.25) is 0 Å². The first-order chi connectivity index (χ1) is 7.59. The number of hydrogen-bond acceptors (Lipinski definition) is 3. The van der Waals surface area contributed by atoms with Gasteiger partial charge in [0.25, 0.3) is 5.56 Å². The number of aromatic hydroxyl groups is 1. The summed E-state index contributed by atoms with van der Waals surface area (Å²) in [6.07, 6.45) is 7.32. The van der Waals surface area contributed by atoms with E-state index in [1.165, 1.54) is 10.9 Å². The number of allylic oxidation sites excluding steroid dienone is 4. The predicted octanol–water partition coefficient (Wildman–Crippen LogP) is 1.88. The number of rotatable bonds is 1. The molecule has 1 heterocycles. The van der Waals surface area contributed by atoms with Gasteiger partial charge < -0.3 is 5.11 Å². The third kappa shape index (κ3) is 1.88. The Kier molecular flexibility index (Phi) is 2.83. The van der Waals surface area contributed by atoms with Gasteiger partial charge in [0, 0.05) is 5.03 Å². The molecule has 1 aliphatic carbocycles. The van der Waals surface area contributed by atoms with Gasteiger partial charge in [-0.3, -0.25) is 4.79 Å². The molecule has 1 aliphatic rings. The van der Waals surface area contributed by atoms with Gasteiger partial charge in [0.2, 0.25) is 0 Å². The Morgan fingerprint density at radius 3 is 3.00 bits per heavy atom. The molecule has 1 aromatic heterocycles. The van der Waals surface area contributed by atoms with Crippen LogP contribution in [0.15, 0.2) is 34.3 Å². The molecule has 1 aromatic rings. The Morgan fingerprint density at radius 2 is 2.38 bits per heavy atom. The lowest BCUT2D eigenvalue weighted by Crippen LogP contribution is -2.28. The lowest BCUT2D eigenvalue weighted by molar-refractivity contribution is 0.443. The summed E-state index contributed by atoms with van der Waals surface area (Å²) in [6, 6.07) is -0.130. The predicted molar refractivity (Wildman–Crippen MR) is 61.6 cm³/mol. The van der Waals surface area contributed by atoms with Crippen molar-refractivity contribution in [3.8, 4) is 5.75 Å². The minimum absolute atomic E-state index is 0.0744. The molecule has 0 aromatic carbocycles. The second-order valence-electron chi connectivity index (χ2n) is 3.66. The topological polar surface area (TPSA) is 55.1 Å². The van der Waals surface area contributed by atoms with E-state index in [2.05, 4.69) is 5.10 Å². The van der Waals surface area contributed by atoms with E-state index in [4.69, 9.17) is 11.6 Å². The number of halogens is 1. The van der Waals surface area contributed by atoms with E-state index in [1.807, 2.05) is 12.2 Å². The molecule has 1 N–H and O–H groups in total. The quantitative estimate of drug-likeness (QED) is 0.813. The third-order valence-electron chi connectivity index (χ3n) is 2.56. The molecule has 0 spiro atoms. The van der Waals surface area contributed by atoms with E-state index >= 15 is 0 Å². The largest absolute Gasteiger partial charge is 0.506 e. The Bertz CT molecular complexity index is 531. The first-order valence-corrected chi connectivity index (χ1v) is 5.28. The van der Waals surface area contributed by atoms with E-state index < -0.39 is 0 Å². The van der Waals surface area contributed by atoms with E-state index in [9.17, 15) is 9.90 Å². The fourth-order valence-electron chi connectivity index (χ4n) is 1.55. The van der Waals surface area contributed by atoms with Crippen molar-refractivity contribution in [1.29, 1.82) is 0 Å². The van der Waals surface area contributed by atoms with E-state index in [0.717, 1.165) is 0 Å². The average molecular weight is 239 g/mol. The molecule has 2 rings (SSSR count). The molecular formula is C11H11ClN2O2. The second kappa shape index (κ2) is 4.14. The molecule has 1 unspecified atom stereocenters. The van der Waals surface area contributed by atoms with Crippen LogP contribution in [0.5, 0.6) is 5.75 Å². The van der Waals surface area contributed by atoms with Gasteiger partial charge in [0.05, 0.1) is 17.8 Å². The molecule has 5 heteroatoms. The summed E-state index contributed by atoms with van der Waals surface area (Å²) in [5, 5.41) is 13.9. The lowest BCUT2D eigenvalue weighted by Gasteiger charge is -2.16. The summed E-state index contributed by atoms with van der Waals surface area (Å²) >= 11 is 5.79. The average Bonchev–Trinajstić information content (AvgIpc) is 2.28. The van der Waals surface area contributed by atoms with Crippen molar-refractivity contribution in [3.63, 3.8) is 0 Å². The molecule has 4 nitrogen and oxygen atoms in total. The molecule has 84 valence electrons. The number of nitrogens with zero attached hydrogens (tertiary/aromatic N) is 2. The normalized spacial score (nSPS) is 19.6. The smallest absolute Gasteiger partial charge is 0.273 e. The standard InChI is InChI=1S/C11H11ClN2O2/c1-7-10(15)6-13-14(11(7)16)9-4-2-8(12)3-5-9/h2-4,6,9,15H,5H2,1H3. The van der Waals surface area contributed by atoms with Crippen LogP contribution in [-0.2, 0) is 0 Å². The maximum absolute atomic E-state index is 11.8. The Morgan fingerprint density at radius 1 is 1.62 bits per heavy atom. The van der Waals surface area contributed by atoms with Gasteiger partial charge >= 0.3 is 0 Å². The molecule has 0 saturated carbocycles. The van der Waals surface area contributed by atoms with Gasteiger partial charge in [0.1, 0.15) is 5.75 Å². The highest BCUT2D eigenvalue weighted by atomic mass is 35.5. The van der Waals surface area contributed by atoms with Crippen LogP contribution in [0, 0.1) is 6.92 Å². The fourth-order valence-corrected chi connectivity index (χ4v) is 1.71. The van der Waals surface area contributed by atoms with Crippen molar-refractivity contribution in [1.82, 2.24) is 9.78 Å². The highest BCUT2D eigenvalue weighted by Gasteiger charge is 2.14. The van der Waals surface area contributed by atoms with E-state index in [0.29, 0.717) is 17.0 Å². The monoisotopic (exact) mass is 238 g/mol. The molecule has 1 atom stereocenters. The Labute approximate surface area is 97.5 Å². The molecule has 0 fully saturated rings. The number of hydrogen-bond donors (Lipinski definition) is 1. The van der Waals surface area contributed by atoms with Crippen molar-refractivity contribution in [2.24, 2.45) is 0 Å². The highest BCUT2D eigenvalue weighted by molar-refractivity contribution is 6.31. The van der Waals surface area contributed by atoms with Crippen molar-refractivity contribution >= 4 is 11.6 Å². The summed E-state index contributed by atoms with van der Waals surface area (Å²) < 4.78 is 1.35. The van der Waals surface area contributed by atoms with Crippen molar-refractivity contribution in [3.05, 3.63) is 45.4 Å². The van der Waals surface area contributed by atoms with Crippen LogP contribution in [0.3, 0.4) is 0 Å². The molecule has 0 radical (unpaired) electrons. The van der Waals surface area contributed by atoms with Crippen molar-refractivity contribution in [2.75, 3.05) is 0 Å². The van der Waals surface area contributed by atoms with Crippen molar-refractivity contribution in [2.45, 2.75) is 19.4 Å². The first-order valence-electron chi connectivity index (χ1n) is 4.91. The van der Waals surface area contributed by atoms with Gasteiger partial charge in [-0.2, -0.15) is 5.10 Å². The molecule has 0 amide bonds. The summed E-state index contributed by atoms with van der Waals surface area (Å²) in [4.78, 5) is 11.8. The van der Waals surface area contributed by atoms with Crippen LogP contribution in [0.4, 0.5) is 0 Å². The lowest BCUT2D eigenvalue weighted by atomic mass is 10.1. The van der Waals surface area contributed by atoms with Crippen LogP contribution in [0.1, 0.15) is 18.0 Å². The van der Waals surface area contributed by atoms with Crippen molar-refractivity contribution < 1.29 is 5.11 Å². The van der Waals surface area contributed by atoms with Crippen LogP contribution in [-0.4, -0.2) is 14.9 Å². The highest BCUT2D eigenvalue weighted by Crippen LogP contribution is 2.21. The molecular weight excluding hydrogens is 228 g/mol. The maximum atomic E-state index is 11.8. The second-order valence-corrected chi connectivity index (χ2v) is 4.09. The summed E-state index contributed by atoms with van der Waals surface area (Å²) in [6.45, 7) is 1.57. The Hall–Kier alpha value is -1.55. The van der Waals surface area contributed by atoms with E-state index in [-0.39, 0.29) is 17.4 Å². The van der Waals surface area contributed by atoms with Crippen LogP contribution < -0.4 is 5.56 Å². The zero-order valence-electron chi connectivity index (χ0n) is 8.72. The summed E-state index contributed by atoms with van der Waals surface area (Å²) in [7, 11) is 0. The van der Waals surface area contributed by atoms with Gasteiger partial charge in [0.15, 0.2) is 0 Å². The van der Waals surface area contributed by atoms with Gasteiger partial charge in [-0.15, -0.1) is 0 Å². The Balaban J connectivity index is 2.40. The summed E-state index contributed by atoms with van der Waals surface area (Å²) in [5.74, 6) is -0.0744. The van der Waals surface area contributed by atoms with Gasteiger partial charge in [-0.05, 0) is 19.4 Å². The van der Waals surface area contributed by atoms with Gasteiger partial charge in [-0.25, -0.2) is 4.68 Å². The SMILES string of the molecule is Cc1c(O)cnn(C2C=CC(Cl)=CC2)c1=O. The number of aromatic nitrogens is 2. The molecule has 0 aliphatic heterocycles. The fraction of sp³-hybridized carbons (Fsp3) is 0.273. The first kappa shape index (κ1) is 11.0. The zero-order chi connectivity index (χ0) is 11.7. The summed E-state index contributed by atoms with van der Waals surface area (Å²) in [5.41, 5.74) is 0.0325. The van der Waals surface area contributed by atoms with Crippen LogP contribution in [0.25, 0.3) is 0 Å². The van der Waals surface area contributed by atoms with Gasteiger partial charge in [-0.1, -0.05) is 23.8 Å². The van der Waals surface area contributed by atoms with Crippen LogP contribution >= 0.6 is 11.6 Å². The molecule has 16 heavy (non-hydrogen) atoms. The maximum Gasteiger partial charge on any atom is 0.273 e. The van der Waals surface area contributed by atoms with E-state index in [1.54, 1.807) is 13.0 Å². The molecule has 0 saturated heterocycles. The minimum atomic E-state index is -0.277. The molecule has 0 bridgehead atoms. The minimum Gasteiger partial charge on any atom is -0.506 e. The zero-order valence-corrected chi connectivity index (χ0v) is 9.48. The third-order valence-corrected chi connectivity index (χ3v) is 2.84.